The van der Waals surface area contributed by atoms with E-state index in [0.29, 0.717) is 49.0 Å². The van der Waals surface area contributed by atoms with Gasteiger partial charge in [-0.15, -0.1) is 0 Å². The summed E-state index contributed by atoms with van der Waals surface area (Å²) in [4.78, 5) is 23.6. The van der Waals surface area contributed by atoms with Crippen LogP contribution in [0.5, 0.6) is 0 Å². The lowest BCUT2D eigenvalue weighted by atomic mass is 9.99. The first-order chi connectivity index (χ1) is 17.4. The number of fused-ring (bicyclic) bond motifs is 2. The lowest BCUT2D eigenvalue weighted by Gasteiger charge is -2.19. The number of benzene rings is 1. The van der Waals surface area contributed by atoms with Gasteiger partial charge in [-0.05, 0) is 36.8 Å². The predicted octanol–water partition coefficient (Wildman–Crippen LogP) is 3.36. The molecule has 0 radical (unpaired) electrons. The van der Waals surface area contributed by atoms with Gasteiger partial charge >= 0.3 is 0 Å². The molecule has 0 bridgehead atoms. The Morgan fingerprint density at radius 3 is 2.89 bits per heavy atom. The summed E-state index contributed by atoms with van der Waals surface area (Å²) in [6.07, 6.45) is 4.59. The molecule has 0 aliphatic carbocycles. The van der Waals surface area contributed by atoms with Gasteiger partial charge < -0.3 is 25.4 Å². The number of anilines is 3. The van der Waals surface area contributed by atoms with Crippen LogP contribution in [0.2, 0.25) is 0 Å². The quantitative estimate of drug-likeness (QED) is 0.309. The number of likely N-dealkylation sites (N-methyl/N-ethyl adjacent to an activating group) is 1. The van der Waals surface area contributed by atoms with Gasteiger partial charge in [0, 0.05) is 38.0 Å². The number of nitrogens with zero attached hydrogens (tertiary/aromatic N) is 4. The molecule has 3 N–H and O–H groups in total. The first-order valence-electron chi connectivity index (χ1n) is 11.7. The van der Waals surface area contributed by atoms with E-state index in [2.05, 4.69) is 20.6 Å². The van der Waals surface area contributed by atoms with E-state index in [1.807, 2.05) is 36.2 Å². The van der Waals surface area contributed by atoms with Crippen molar-refractivity contribution < 1.29 is 19.0 Å². The molecule has 1 atom stereocenters. The number of aliphatic hydroxyl groups excluding tert-OH is 1. The highest BCUT2D eigenvalue weighted by Crippen LogP contribution is 2.35. The Labute approximate surface area is 207 Å². The highest BCUT2D eigenvalue weighted by Gasteiger charge is 2.27. The third-order valence-electron chi connectivity index (χ3n) is 6.10. The Morgan fingerprint density at radius 2 is 2.11 bits per heavy atom. The first-order valence-corrected chi connectivity index (χ1v) is 11.7. The minimum Gasteiger partial charge on any atom is -0.391 e. The van der Waals surface area contributed by atoms with E-state index in [0.717, 1.165) is 22.5 Å². The topological polar surface area (TPSA) is 104 Å². The van der Waals surface area contributed by atoms with E-state index in [-0.39, 0.29) is 11.7 Å². The number of ether oxygens (including phenoxy) is 1. The van der Waals surface area contributed by atoms with Crippen molar-refractivity contribution in [2.75, 3.05) is 37.0 Å². The molecule has 1 aromatic carbocycles. The maximum Gasteiger partial charge on any atom is 0.254 e. The van der Waals surface area contributed by atoms with E-state index >= 15 is 0 Å². The van der Waals surface area contributed by atoms with Crippen molar-refractivity contribution >= 4 is 28.7 Å². The number of halogens is 1. The van der Waals surface area contributed by atoms with Gasteiger partial charge in [0.2, 0.25) is 0 Å². The average molecular weight is 491 g/mol. The molecule has 0 unspecified atom stereocenters. The van der Waals surface area contributed by atoms with Gasteiger partial charge in [0.1, 0.15) is 17.3 Å². The van der Waals surface area contributed by atoms with Crippen molar-refractivity contribution in [3.63, 3.8) is 0 Å². The fraction of sp³-hybridized carbons (Fsp3) is 0.269. The molecule has 1 aliphatic rings. The number of nitrogens with one attached hydrogen (secondary N) is 2. The van der Waals surface area contributed by atoms with Crippen LogP contribution in [0.3, 0.4) is 0 Å². The first kappa shape index (κ1) is 23.7. The molecular weight excluding hydrogens is 463 g/mol. The van der Waals surface area contributed by atoms with Crippen molar-refractivity contribution in [2.45, 2.75) is 19.6 Å². The molecule has 5 rings (SSSR count). The maximum absolute atomic E-state index is 13.6. The standard InChI is InChI=1S/C26H27FN6O3/c1-16(34)15-36-10-9-32(2)18-3-6-23(28-12-18)31-21-5-4-19(20-13-30-26(35)25(20)21)22-14-29-24-11-17(27)7-8-33(22)24/h3-8,11-12,14,16,34H,9-10,13,15H2,1-2H3,(H,28,31)(H,30,35)/t16-/m0/s1. The molecule has 0 saturated heterocycles. The minimum atomic E-state index is -0.482. The van der Waals surface area contributed by atoms with Gasteiger partial charge in [0.05, 0.1) is 54.3 Å². The Hall–Kier alpha value is -4.02. The second-order valence-electron chi connectivity index (χ2n) is 8.79. The predicted molar refractivity (Wildman–Crippen MR) is 135 cm³/mol. The number of carbonyl (C=O) groups excluding carboxylic acids is 1. The van der Waals surface area contributed by atoms with Crippen LogP contribution in [0, 0.1) is 5.82 Å². The number of hydrogen-bond acceptors (Lipinski definition) is 7. The van der Waals surface area contributed by atoms with Crippen LogP contribution in [0.4, 0.5) is 21.6 Å². The van der Waals surface area contributed by atoms with E-state index in [1.165, 1.54) is 12.1 Å². The van der Waals surface area contributed by atoms with Crippen LogP contribution in [-0.4, -0.2) is 58.3 Å². The number of imidazole rings is 1. The Morgan fingerprint density at radius 1 is 1.25 bits per heavy atom. The fourth-order valence-corrected chi connectivity index (χ4v) is 4.26. The van der Waals surface area contributed by atoms with Gasteiger partial charge in [0.15, 0.2) is 0 Å². The zero-order valence-electron chi connectivity index (χ0n) is 20.0. The number of aliphatic hydroxyl groups is 1. The lowest BCUT2D eigenvalue weighted by Crippen LogP contribution is -2.24. The molecule has 1 amide bonds. The monoisotopic (exact) mass is 490 g/mol. The second kappa shape index (κ2) is 9.92. The molecule has 0 fully saturated rings. The molecule has 1 aliphatic heterocycles. The van der Waals surface area contributed by atoms with E-state index in [9.17, 15) is 14.3 Å². The molecule has 0 saturated carbocycles. The van der Waals surface area contributed by atoms with Gasteiger partial charge in [-0.25, -0.2) is 14.4 Å². The maximum atomic E-state index is 13.6. The van der Waals surface area contributed by atoms with Crippen molar-refractivity contribution in [3.8, 4) is 11.3 Å². The third-order valence-corrected chi connectivity index (χ3v) is 6.10. The van der Waals surface area contributed by atoms with Crippen LogP contribution in [0.15, 0.2) is 55.0 Å². The third kappa shape index (κ3) is 4.73. The largest absolute Gasteiger partial charge is 0.391 e. The molecule has 186 valence electrons. The molecule has 3 aromatic heterocycles. The molecule has 10 heteroatoms. The van der Waals surface area contributed by atoms with Gasteiger partial charge in [-0.2, -0.15) is 0 Å². The Kier molecular flexibility index (Phi) is 6.53. The molecular formula is C26H27FN6O3. The summed E-state index contributed by atoms with van der Waals surface area (Å²) in [7, 11) is 1.94. The van der Waals surface area contributed by atoms with E-state index in [4.69, 9.17) is 4.74 Å². The SMILES string of the molecule is C[C@H](O)COCCN(C)c1ccc(Nc2ccc(-c3cnc4cc(F)ccn34)c3c2C(=O)NC3)nc1. The number of pyridine rings is 2. The van der Waals surface area contributed by atoms with E-state index in [1.54, 1.807) is 29.9 Å². The summed E-state index contributed by atoms with van der Waals surface area (Å²) in [6.45, 7) is 3.54. The van der Waals surface area contributed by atoms with Gasteiger partial charge in [-0.1, -0.05) is 6.07 Å². The van der Waals surface area contributed by atoms with Crippen molar-refractivity contribution in [1.82, 2.24) is 19.7 Å². The van der Waals surface area contributed by atoms with Crippen LogP contribution in [0.1, 0.15) is 22.8 Å². The molecule has 4 aromatic rings. The highest BCUT2D eigenvalue weighted by atomic mass is 19.1. The summed E-state index contributed by atoms with van der Waals surface area (Å²) in [6, 6.07) is 10.3. The van der Waals surface area contributed by atoms with Crippen LogP contribution in [-0.2, 0) is 11.3 Å². The lowest BCUT2D eigenvalue weighted by molar-refractivity contribution is 0.0497. The molecule has 4 heterocycles. The number of hydrogen-bond donors (Lipinski definition) is 3. The number of carbonyl (C=O) groups is 1. The van der Waals surface area contributed by atoms with Crippen molar-refractivity contribution in [3.05, 3.63) is 71.9 Å². The van der Waals surface area contributed by atoms with Crippen LogP contribution >= 0.6 is 0 Å². The zero-order chi connectivity index (χ0) is 25.2. The van der Waals surface area contributed by atoms with Crippen LogP contribution in [0.25, 0.3) is 16.9 Å². The van der Waals surface area contributed by atoms with Crippen LogP contribution < -0.4 is 15.5 Å². The second-order valence-corrected chi connectivity index (χ2v) is 8.79. The summed E-state index contributed by atoms with van der Waals surface area (Å²) in [5, 5.41) is 15.4. The molecule has 0 spiro atoms. The number of amides is 1. The highest BCUT2D eigenvalue weighted by molar-refractivity contribution is 6.06. The normalized spacial score (nSPS) is 13.5. The molecule has 36 heavy (non-hydrogen) atoms. The number of aromatic nitrogens is 3. The zero-order valence-corrected chi connectivity index (χ0v) is 20.0. The Bertz CT molecular complexity index is 1400. The summed E-state index contributed by atoms with van der Waals surface area (Å²) in [5.74, 6) is 0.0934. The van der Waals surface area contributed by atoms with Crippen molar-refractivity contribution in [1.29, 1.82) is 0 Å². The summed E-state index contributed by atoms with van der Waals surface area (Å²) < 4.78 is 20.8. The smallest absolute Gasteiger partial charge is 0.254 e. The van der Waals surface area contributed by atoms with E-state index < -0.39 is 6.10 Å². The average Bonchev–Trinajstić information content (AvgIpc) is 3.46. The van der Waals surface area contributed by atoms with Gasteiger partial charge in [0.25, 0.3) is 5.91 Å². The summed E-state index contributed by atoms with van der Waals surface area (Å²) in [5.41, 5.74) is 5.13. The minimum absolute atomic E-state index is 0.164. The van der Waals surface area contributed by atoms with Crippen molar-refractivity contribution in [2.24, 2.45) is 0 Å². The number of rotatable bonds is 9. The fourth-order valence-electron chi connectivity index (χ4n) is 4.26. The summed E-state index contributed by atoms with van der Waals surface area (Å²) >= 11 is 0. The van der Waals surface area contributed by atoms with Gasteiger partial charge in [-0.3, -0.25) is 9.20 Å². The molecule has 9 nitrogen and oxygen atoms in total. The Balaban J connectivity index is 1.36.